The van der Waals surface area contributed by atoms with Gasteiger partial charge in [0, 0.05) is 26.2 Å². The van der Waals surface area contributed by atoms with Crippen LogP contribution in [0.15, 0.2) is 22.8 Å². The number of halogens is 1. The number of nitrogens with one attached hydrogen (secondary N) is 2. The lowest BCUT2D eigenvalue weighted by Gasteiger charge is -2.22. The molecule has 3 heterocycles. The molecule has 2 aliphatic heterocycles. The van der Waals surface area contributed by atoms with Crippen LogP contribution in [0, 0.1) is 11.8 Å². The molecule has 0 saturated carbocycles. The first-order chi connectivity index (χ1) is 9.65. The second kappa shape index (κ2) is 6.49. The number of furan rings is 1. The van der Waals surface area contributed by atoms with Crippen LogP contribution in [0.2, 0.25) is 0 Å². The van der Waals surface area contributed by atoms with Gasteiger partial charge < -0.3 is 20.0 Å². The standard InChI is InChI=1S/C14H19N3O3.ClH/c1-9(16-13(18)12-3-2-4-20-12)14(19)17-7-10-5-15-6-11(10)8-17;/h2-4,9-11,15H,5-8H2,1H3,(H,16,18);1H/t9?,10-,11+;. The molecule has 3 rings (SSSR count). The summed E-state index contributed by atoms with van der Waals surface area (Å²) in [5, 5.41) is 6.03. The molecule has 116 valence electrons. The third-order valence-electron chi connectivity index (χ3n) is 4.16. The highest BCUT2D eigenvalue weighted by atomic mass is 35.5. The molecule has 2 aliphatic rings. The van der Waals surface area contributed by atoms with Gasteiger partial charge in [-0.1, -0.05) is 0 Å². The van der Waals surface area contributed by atoms with Gasteiger partial charge in [0.05, 0.1) is 6.26 Å². The number of carbonyl (C=O) groups excluding carboxylic acids is 2. The Morgan fingerprint density at radius 3 is 2.62 bits per heavy atom. The third-order valence-corrected chi connectivity index (χ3v) is 4.16. The Morgan fingerprint density at radius 2 is 2.05 bits per heavy atom. The van der Waals surface area contributed by atoms with Gasteiger partial charge >= 0.3 is 0 Å². The second-order valence-electron chi connectivity index (χ2n) is 5.59. The Bertz CT molecular complexity index is 494. The summed E-state index contributed by atoms with van der Waals surface area (Å²) >= 11 is 0. The average Bonchev–Trinajstić information content (AvgIpc) is 3.13. The van der Waals surface area contributed by atoms with E-state index in [9.17, 15) is 9.59 Å². The topological polar surface area (TPSA) is 74.6 Å². The van der Waals surface area contributed by atoms with Crippen molar-refractivity contribution < 1.29 is 14.0 Å². The van der Waals surface area contributed by atoms with E-state index in [0.29, 0.717) is 11.8 Å². The molecule has 1 aromatic rings. The van der Waals surface area contributed by atoms with Crippen LogP contribution in [0.5, 0.6) is 0 Å². The fourth-order valence-electron chi connectivity index (χ4n) is 3.05. The summed E-state index contributed by atoms with van der Waals surface area (Å²) in [6, 6.07) is 2.70. The number of fused-ring (bicyclic) bond motifs is 1. The van der Waals surface area contributed by atoms with Crippen molar-refractivity contribution in [2.75, 3.05) is 26.2 Å². The molecule has 7 heteroatoms. The minimum absolute atomic E-state index is 0. The van der Waals surface area contributed by atoms with Crippen molar-refractivity contribution in [3.63, 3.8) is 0 Å². The molecule has 2 saturated heterocycles. The molecule has 6 nitrogen and oxygen atoms in total. The van der Waals surface area contributed by atoms with Crippen molar-refractivity contribution in [3.05, 3.63) is 24.2 Å². The lowest BCUT2D eigenvalue weighted by molar-refractivity contribution is -0.132. The number of nitrogens with zero attached hydrogens (tertiary/aromatic N) is 1. The Hall–Kier alpha value is -1.53. The molecule has 2 fully saturated rings. The number of rotatable bonds is 3. The van der Waals surface area contributed by atoms with Gasteiger partial charge in [0.1, 0.15) is 6.04 Å². The molecule has 1 unspecified atom stereocenters. The van der Waals surface area contributed by atoms with E-state index in [-0.39, 0.29) is 30.0 Å². The SMILES string of the molecule is CC(NC(=O)c1ccco1)C(=O)N1C[C@H]2CNC[C@H]2C1.Cl. The van der Waals surface area contributed by atoms with Crippen LogP contribution in [0.25, 0.3) is 0 Å². The van der Waals surface area contributed by atoms with Gasteiger partial charge in [-0.3, -0.25) is 9.59 Å². The fraction of sp³-hybridized carbons (Fsp3) is 0.571. The molecule has 2 amide bonds. The Morgan fingerprint density at radius 1 is 1.38 bits per heavy atom. The summed E-state index contributed by atoms with van der Waals surface area (Å²) in [4.78, 5) is 26.1. The lowest BCUT2D eigenvalue weighted by atomic mass is 10.0. The third kappa shape index (κ3) is 3.22. The number of hydrogen-bond acceptors (Lipinski definition) is 4. The van der Waals surface area contributed by atoms with Crippen LogP contribution < -0.4 is 10.6 Å². The van der Waals surface area contributed by atoms with Crippen LogP contribution in [0.4, 0.5) is 0 Å². The van der Waals surface area contributed by atoms with E-state index >= 15 is 0 Å². The molecule has 21 heavy (non-hydrogen) atoms. The molecule has 1 aromatic heterocycles. The molecular weight excluding hydrogens is 294 g/mol. The van der Waals surface area contributed by atoms with Crippen molar-refractivity contribution in [3.8, 4) is 0 Å². The highest BCUT2D eigenvalue weighted by Gasteiger charge is 2.39. The first kappa shape index (κ1) is 15.9. The zero-order valence-electron chi connectivity index (χ0n) is 11.9. The first-order valence-electron chi connectivity index (χ1n) is 6.99. The average molecular weight is 314 g/mol. The molecule has 0 radical (unpaired) electrons. The van der Waals surface area contributed by atoms with Crippen molar-refractivity contribution in [1.29, 1.82) is 0 Å². The zero-order chi connectivity index (χ0) is 14.1. The number of likely N-dealkylation sites (tertiary alicyclic amines) is 1. The molecular formula is C14H20ClN3O3. The van der Waals surface area contributed by atoms with Crippen LogP contribution in [-0.4, -0.2) is 48.9 Å². The van der Waals surface area contributed by atoms with Crippen molar-refractivity contribution in [2.45, 2.75) is 13.0 Å². The van der Waals surface area contributed by atoms with E-state index in [1.807, 2.05) is 4.90 Å². The molecule has 2 N–H and O–H groups in total. The zero-order valence-corrected chi connectivity index (χ0v) is 12.7. The summed E-state index contributed by atoms with van der Waals surface area (Å²) in [5.74, 6) is 0.988. The number of carbonyl (C=O) groups is 2. The van der Waals surface area contributed by atoms with E-state index in [4.69, 9.17) is 4.42 Å². The second-order valence-corrected chi connectivity index (χ2v) is 5.59. The van der Waals surface area contributed by atoms with Crippen LogP contribution in [0.3, 0.4) is 0 Å². The number of hydrogen-bond donors (Lipinski definition) is 2. The molecule has 0 aliphatic carbocycles. The number of amides is 2. The summed E-state index contributed by atoms with van der Waals surface area (Å²) in [7, 11) is 0. The smallest absolute Gasteiger partial charge is 0.287 e. The summed E-state index contributed by atoms with van der Waals surface area (Å²) in [5.41, 5.74) is 0. The van der Waals surface area contributed by atoms with Gasteiger partial charge in [0.25, 0.3) is 5.91 Å². The van der Waals surface area contributed by atoms with Crippen LogP contribution in [-0.2, 0) is 4.79 Å². The van der Waals surface area contributed by atoms with Gasteiger partial charge in [0.15, 0.2) is 5.76 Å². The first-order valence-corrected chi connectivity index (χ1v) is 6.99. The molecule has 0 bridgehead atoms. The highest BCUT2D eigenvalue weighted by molar-refractivity contribution is 5.95. The van der Waals surface area contributed by atoms with Gasteiger partial charge in [-0.15, -0.1) is 12.4 Å². The van der Waals surface area contributed by atoms with Crippen molar-refractivity contribution in [2.24, 2.45) is 11.8 Å². The van der Waals surface area contributed by atoms with Crippen molar-refractivity contribution in [1.82, 2.24) is 15.5 Å². The highest BCUT2D eigenvalue weighted by Crippen LogP contribution is 2.26. The summed E-state index contributed by atoms with van der Waals surface area (Å²) < 4.78 is 5.02. The van der Waals surface area contributed by atoms with E-state index in [1.54, 1.807) is 19.1 Å². The van der Waals surface area contributed by atoms with E-state index < -0.39 is 6.04 Å². The van der Waals surface area contributed by atoms with E-state index in [1.165, 1.54) is 6.26 Å². The summed E-state index contributed by atoms with van der Waals surface area (Å²) in [6.07, 6.45) is 1.44. The largest absolute Gasteiger partial charge is 0.459 e. The maximum absolute atomic E-state index is 12.3. The maximum Gasteiger partial charge on any atom is 0.287 e. The van der Waals surface area contributed by atoms with Crippen LogP contribution in [0.1, 0.15) is 17.5 Å². The van der Waals surface area contributed by atoms with Gasteiger partial charge in [-0.25, -0.2) is 0 Å². The van der Waals surface area contributed by atoms with E-state index in [2.05, 4.69) is 10.6 Å². The Balaban J connectivity index is 0.00000161. The van der Waals surface area contributed by atoms with Gasteiger partial charge in [-0.05, 0) is 30.9 Å². The van der Waals surface area contributed by atoms with Crippen molar-refractivity contribution >= 4 is 24.2 Å². The molecule has 0 spiro atoms. The maximum atomic E-state index is 12.3. The quantitative estimate of drug-likeness (QED) is 0.852. The monoisotopic (exact) mass is 313 g/mol. The predicted octanol–water partition coefficient (Wildman–Crippen LogP) is 0.498. The van der Waals surface area contributed by atoms with Gasteiger partial charge in [-0.2, -0.15) is 0 Å². The van der Waals surface area contributed by atoms with Gasteiger partial charge in [0.2, 0.25) is 5.91 Å². The molecule has 0 aromatic carbocycles. The normalized spacial score (nSPS) is 25.1. The Labute approximate surface area is 129 Å². The molecule has 3 atom stereocenters. The minimum Gasteiger partial charge on any atom is -0.459 e. The summed E-state index contributed by atoms with van der Waals surface area (Å²) in [6.45, 7) is 5.27. The predicted molar refractivity (Wildman–Crippen MR) is 79.3 cm³/mol. The fourth-order valence-corrected chi connectivity index (χ4v) is 3.05. The lowest BCUT2D eigenvalue weighted by Crippen LogP contribution is -2.46. The van der Waals surface area contributed by atoms with E-state index in [0.717, 1.165) is 26.2 Å². The Kier molecular flexibility index (Phi) is 4.90. The minimum atomic E-state index is -0.528. The van der Waals surface area contributed by atoms with Crippen LogP contribution >= 0.6 is 12.4 Å².